The van der Waals surface area contributed by atoms with Gasteiger partial charge in [0.05, 0.1) is 0 Å². The van der Waals surface area contributed by atoms with Gasteiger partial charge in [0.15, 0.2) is 0 Å². The summed E-state index contributed by atoms with van der Waals surface area (Å²) in [4.78, 5) is 11.9. The third kappa shape index (κ3) is 4.26. The van der Waals surface area contributed by atoms with Crippen molar-refractivity contribution in [3.05, 3.63) is 35.4 Å². The molecule has 18 heavy (non-hydrogen) atoms. The lowest BCUT2D eigenvalue weighted by Gasteiger charge is -2.19. The van der Waals surface area contributed by atoms with Crippen LogP contribution in [-0.4, -0.2) is 19.4 Å². The van der Waals surface area contributed by atoms with E-state index in [0.717, 1.165) is 12.1 Å². The number of carbonyl (C=O) groups excluding carboxylic acids is 1. The molecule has 0 heterocycles. The van der Waals surface area contributed by atoms with Gasteiger partial charge in [-0.1, -0.05) is 52.0 Å². The maximum absolute atomic E-state index is 11.9. The third-order valence-electron chi connectivity index (χ3n) is 3.26. The van der Waals surface area contributed by atoms with Gasteiger partial charge in [-0.05, 0) is 23.6 Å². The molecule has 1 unspecified atom stereocenters. The zero-order valence-electron chi connectivity index (χ0n) is 12.2. The lowest BCUT2D eigenvalue weighted by atomic mass is 9.86. The zero-order chi connectivity index (χ0) is 13.8. The van der Waals surface area contributed by atoms with Crippen LogP contribution in [0.15, 0.2) is 24.3 Å². The number of ketones is 1. The average molecular weight is 247 g/mol. The van der Waals surface area contributed by atoms with Crippen LogP contribution in [0.3, 0.4) is 0 Å². The molecule has 0 aliphatic rings. The highest BCUT2D eigenvalue weighted by atomic mass is 16.1. The molecule has 1 N–H and O–H groups in total. The number of hydrogen-bond acceptors (Lipinski definition) is 2. The van der Waals surface area contributed by atoms with E-state index in [1.165, 1.54) is 5.56 Å². The van der Waals surface area contributed by atoms with Crippen LogP contribution < -0.4 is 5.32 Å². The Morgan fingerprint density at radius 2 is 1.78 bits per heavy atom. The normalized spacial score (nSPS) is 13.4. The second kappa shape index (κ2) is 6.14. The van der Waals surface area contributed by atoms with Gasteiger partial charge in [0.2, 0.25) is 0 Å². The van der Waals surface area contributed by atoms with Gasteiger partial charge in [0.1, 0.15) is 5.78 Å². The van der Waals surface area contributed by atoms with Crippen LogP contribution in [0.25, 0.3) is 0 Å². The van der Waals surface area contributed by atoms with Crippen LogP contribution in [0.2, 0.25) is 0 Å². The largest absolute Gasteiger partial charge is 0.319 e. The average Bonchev–Trinajstić information content (AvgIpc) is 2.28. The van der Waals surface area contributed by atoms with Crippen molar-refractivity contribution >= 4 is 5.78 Å². The number of benzene rings is 1. The van der Waals surface area contributed by atoms with Gasteiger partial charge in [0, 0.05) is 18.9 Å². The van der Waals surface area contributed by atoms with Crippen LogP contribution in [0, 0.1) is 5.92 Å². The summed E-state index contributed by atoms with van der Waals surface area (Å²) in [7, 11) is 1.88. The summed E-state index contributed by atoms with van der Waals surface area (Å²) >= 11 is 0. The van der Waals surface area contributed by atoms with Crippen molar-refractivity contribution in [3.63, 3.8) is 0 Å². The Balaban J connectivity index is 2.67. The van der Waals surface area contributed by atoms with Gasteiger partial charge < -0.3 is 5.32 Å². The Hall–Kier alpha value is -1.15. The molecule has 0 saturated heterocycles. The highest BCUT2D eigenvalue weighted by Crippen LogP contribution is 2.22. The molecule has 0 aliphatic carbocycles. The SMILES string of the molecule is CNCC(C)C(=O)Cc1ccc(C(C)(C)C)cc1. The molecular weight excluding hydrogens is 222 g/mol. The van der Waals surface area contributed by atoms with Crippen LogP contribution in [0.5, 0.6) is 0 Å². The van der Waals surface area contributed by atoms with E-state index >= 15 is 0 Å². The predicted octanol–water partition coefficient (Wildman–Crippen LogP) is 2.95. The van der Waals surface area contributed by atoms with E-state index in [0.29, 0.717) is 12.2 Å². The number of rotatable bonds is 5. The summed E-state index contributed by atoms with van der Waals surface area (Å²) in [6.45, 7) is 9.31. The first-order valence-electron chi connectivity index (χ1n) is 6.61. The molecule has 1 atom stereocenters. The first-order chi connectivity index (χ1) is 8.34. The van der Waals surface area contributed by atoms with E-state index in [4.69, 9.17) is 0 Å². The highest BCUT2D eigenvalue weighted by molar-refractivity contribution is 5.83. The highest BCUT2D eigenvalue weighted by Gasteiger charge is 2.15. The van der Waals surface area contributed by atoms with Gasteiger partial charge >= 0.3 is 0 Å². The molecule has 1 rings (SSSR count). The molecule has 1 aromatic carbocycles. The molecule has 1 aromatic rings. The summed E-state index contributed by atoms with van der Waals surface area (Å²) < 4.78 is 0. The molecule has 2 nitrogen and oxygen atoms in total. The van der Waals surface area contributed by atoms with Gasteiger partial charge in [-0.3, -0.25) is 4.79 Å². The second-order valence-electron chi connectivity index (χ2n) is 6.05. The summed E-state index contributed by atoms with van der Waals surface area (Å²) in [6, 6.07) is 8.41. The van der Waals surface area contributed by atoms with E-state index in [9.17, 15) is 4.79 Å². The van der Waals surface area contributed by atoms with Gasteiger partial charge in [-0.2, -0.15) is 0 Å². The Kier molecular flexibility index (Phi) is 5.09. The minimum Gasteiger partial charge on any atom is -0.319 e. The first kappa shape index (κ1) is 14.9. The fraction of sp³-hybridized carbons (Fsp3) is 0.562. The Morgan fingerprint density at radius 1 is 1.22 bits per heavy atom. The smallest absolute Gasteiger partial charge is 0.141 e. The molecule has 2 heteroatoms. The van der Waals surface area contributed by atoms with Crippen molar-refractivity contribution in [2.45, 2.75) is 39.5 Å². The summed E-state index contributed by atoms with van der Waals surface area (Å²) in [5.41, 5.74) is 2.58. The van der Waals surface area contributed by atoms with Gasteiger partial charge in [-0.25, -0.2) is 0 Å². The number of Topliss-reactive ketones (excluding diaryl/α,β-unsaturated/α-hetero) is 1. The zero-order valence-corrected chi connectivity index (χ0v) is 12.2. The first-order valence-corrected chi connectivity index (χ1v) is 6.61. The Labute approximate surface area is 111 Å². The van der Waals surface area contributed by atoms with E-state index in [1.54, 1.807) is 0 Å². The predicted molar refractivity (Wildman–Crippen MR) is 76.9 cm³/mol. The second-order valence-corrected chi connectivity index (χ2v) is 6.05. The van der Waals surface area contributed by atoms with E-state index in [1.807, 2.05) is 14.0 Å². The lowest BCUT2D eigenvalue weighted by Crippen LogP contribution is -2.24. The van der Waals surface area contributed by atoms with Gasteiger partial charge in [-0.15, -0.1) is 0 Å². The maximum Gasteiger partial charge on any atom is 0.141 e. The molecule has 0 saturated carbocycles. The third-order valence-corrected chi connectivity index (χ3v) is 3.26. The number of carbonyl (C=O) groups is 1. The molecule has 0 bridgehead atoms. The molecule has 0 amide bonds. The van der Waals surface area contributed by atoms with E-state index in [2.05, 4.69) is 50.4 Å². The Morgan fingerprint density at radius 3 is 2.22 bits per heavy atom. The summed E-state index contributed by atoms with van der Waals surface area (Å²) in [5.74, 6) is 0.380. The summed E-state index contributed by atoms with van der Waals surface area (Å²) in [5, 5.41) is 3.04. The van der Waals surface area contributed by atoms with E-state index in [-0.39, 0.29) is 11.3 Å². The standard InChI is InChI=1S/C16H25NO/c1-12(11-17-5)15(18)10-13-6-8-14(9-7-13)16(2,3)4/h6-9,12,17H,10-11H2,1-5H3. The number of hydrogen-bond donors (Lipinski definition) is 1. The molecule has 0 radical (unpaired) electrons. The molecule has 0 fully saturated rings. The van der Waals surface area contributed by atoms with Crippen molar-refractivity contribution in [2.24, 2.45) is 5.92 Å². The Bertz CT molecular complexity index is 387. The van der Waals surface area contributed by atoms with Crippen LogP contribution in [0.4, 0.5) is 0 Å². The van der Waals surface area contributed by atoms with Crippen molar-refractivity contribution in [1.82, 2.24) is 5.32 Å². The topological polar surface area (TPSA) is 29.1 Å². The van der Waals surface area contributed by atoms with E-state index < -0.39 is 0 Å². The summed E-state index contributed by atoms with van der Waals surface area (Å²) in [6.07, 6.45) is 0.535. The van der Waals surface area contributed by atoms with Gasteiger partial charge in [0.25, 0.3) is 0 Å². The minimum atomic E-state index is 0.0808. The number of nitrogens with one attached hydrogen (secondary N) is 1. The monoisotopic (exact) mass is 247 g/mol. The van der Waals surface area contributed by atoms with Crippen LogP contribution in [0.1, 0.15) is 38.8 Å². The van der Waals surface area contributed by atoms with Crippen LogP contribution in [-0.2, 0) is 16.6 Å². The van der Waals surface area contributed by atoms with Crippen molar-refractivity contribution in [2.75, 3.05) is 13.6 Å². The molecule has 0 aromatic heterocycles. The van der Waals surface area contributed by atoms with Crippen molar-refractivity contribution in [1.29, 1.82) is 0 Å². The quantitative estimate of drug-likeness (QED) is 0.866. The maximum atomic E-state index is 11.9. The lowest BCUT2D eigenvalue weighted by molar-refractivity contribution is -0.121. The molecule has 100 valence electrons. The molecule has 0 spiro atoms. The van der Waals surface area contributed by atoms with Crippen molar-refractivity contribution < 1.29 is 4.79 Å². The molecular formula is C16H25NO. The van der Waals surface area contributed by atoms with Crippen molar-refractivity contribution in [3.8, 4) is 0 Å². The fourth-order valence-corrected chi connectivity index (χ4v) is 1.92. The minimum absolute atomic E-state index is 0.0808. The van der Waals surface area contributed by atoms with Crippen LogP contribution >= 0.6 is 0 Å². The fourth-order valence-electron chi connectivity index (χ4n) is 1.92. The molecule has 0 aliphatic heterocycles.